The molecule has 1 unspecified atom stereocenters. The molecule has 2 N–H and O–H groups in total. The first-order valence-corrected chi connectivity index (χ1v) is 12.4. The van der Waals surface area contributed by atoms with Gasteiger partial charge >= 0.3 is 0 Å². The zero-order valence-electron chi connectivity index (χ0n) is 19.0. The van der Waals surface area contributed by atoms with Crippen LogP contribution in [0.25, 0.3) is 0 Å². The number of piperidine rings is 2. The lowest BCUT2D eigenvalue weighted by atomic mass is 10.0. The van der Waals surface area contributed by atoms with Gasteiger partial charge in [-0.05, 0) is 63.9 Å². The molecule has 4 rings (SSSR count). The summed E-state index contributed by atoms with van der Waals surface area (Å²) in [6.45, 7) is 5.13. The summed E-state index contributed by atoms with van der Waals surface area (Å²) in [5.41, 5.74) is 2.61. The number of carbonyl (C=O) groups is 3. The number of nitrogens with zero attached hydrogens (tertiary/aromatic N) is 2. The van der Waals surface area contributed by atoms with Gasteiger partial charge in [-0.2, -0.15) is 0 Å². The fourth-order valence-corrected chi connectivity index (χ4v) is 5.15. The molecule has 3 aliphatic rings. The van der Waals surface area contributed by atoms with E-state index in [4.69, 9.17) is 0 Å². The predicted molar refractivity (Wildman–Crippen MR) is 124 cm³/mol. The molecule has 0 bridgehead atoms. The zero-order valence-corrected chi connectivity index (χ0v) is 19.0. The van der Waals surface area contributed by atoms with Gasteiger partial charge in [0.2, 0.25) is 11.8 Å². The highest BCUT2D eigenvalue weighted by atomic mass is 16.2. The van der Waals surface area contributed by atoms with Crippen LogP contribution in [-0.4, -0.2) is 59.7 Å². The lowest BCUT2D eigenvalue weighted by Gasteiger charge is -2.29. The summed E-state index contributed by atoms with van der Waals surface area (Å²) in [6.07, 6.45) is 11.0. The van der Waals surface area contributed by atoms with E-state index in [1.54, 1.807) is 4.90 Å². The minimum absolute atomic E-state index is 0.119. The minimum atomic E-state index is -0.564. The van der Waals surface area contributed by atoms with Gasteiger partial charge in [0.15, 0.2) is 0 Å². The maximum absolute atomic E-state index is 12.9. The largest absolute Gasteiger partial charge is 0.385 e. The van der Waals surface area contributed by atoms with Gasteiger partial charge in [0, 0.05) is 36.3 Å². The smallest absolute Gasteiger partial charge is 0.255 e. The summed E-state index contributed by atoms with van der Waals surface area (Å²) < 4.78 is 0. The average molecular weight is 441 g/mol. The number of unbranched alkanes of at least 4 members (excludes halogenated alkanes) is 4. The van der Waals surface area contributed by atoms with E-state index in [0.717, 1.165) is 24.2 Å². The zero-order chi connectivity index (χ0) is 22.3. The van der Waals surface area contributed by atoms with Gasteiger partial charge in [-0.25, -0.2) is 0 Å². The Morgan fingerprint density at radius 1 is 0.969 bits per heavy atom. The molecule has 1 aromatic rings. The third-order valence-electron chi connectivity index (χ3n) is 7.00. The van der Waals surface area contributed by atoms with Crippen molar-refractivity contribution in [2.45, 2.75) is 76.8 Å². The van der Waals surface area contributed by atoms with E-state index in [1.807, 2.05) is 18.2 Å². The third kappa shape index (κ3) is 5.49. The standard InChI is InChI=1S/C25H36N4O3/c30-23-13-12-22(24(31)27-23)29-18-20-19(25(29)32)10-9-11-21(20)26-14-5-2-1-3-6-15-28-16-7-4-8-17-28/h9-11,22,26H,1-8,12-18H2,(H,27,30,31). The van der Waals surface area contributed by atoms with Crippen LogP contribution < -0.4 is 10.6 Å². The summed E-state index contributed by atoms with van der Waals surface area (Å²) in [7, 11) is 0. The van der Waals surface area contributed by atoms with E-state index >= 15 is 0 Å². The Kier molecular flexibility index (Phi) is 7.79. The van der Waals surface area contributed by atoms with Gasteiger partial charge in [0.05, 0.1) is 0 Å². The molecule has 0 aromatic heterocycles. The Morgan fingerprint density at radius 2 is 1.75 bits per heavy atom. The quantitative estimate of drug-likeness (QED) is 0.431. The Morgan fingerprint density at radius 3 is 2.56 bits per heavy atom. The van der Waals surface area contributed by atoms with E-state index in [9.17, 15) is 14.4 Å². The SMILES string of the molecule is O=C1CCC(N2Cc3c(NCCCCCCCN4CCCCC4)cccc3C2=O)C(=O)N1. The van der Waals surface area contributed by atoms with Crippen molar-refractivity contribution in [3.05, 3.63) is 29.3 Å². The highest BCUT2D eigenvalue weighted by Gasteiger charge is 2.39. The highest BCUT2D eigenvalue weighted by molar-refractivity contribution is 6.06. The van der Waals surface area contributed by atoms with E-state index in [-0.39, 0.29) is 24.1 Å². The number of fused-ring (bicyclic) bond motifs is 1. The Hall–Kier alpha value is -2.41. The summed E-state index contributed by atoms with van der Waals surface area (Å²) in [5, 5.41) is 5.87. The Labute approximate surface area is 190 Å². The number of imide groups is 1. The van der Waals surface area contributed by atoms with Gasteiger partial charge in [0.1, 0.15) is 6.04 Å². The number of rotatable bonds is 10. The fraction of sp³-hybridized carbons (Fsp3) is 0.640. The molecule has 32 heavy (non-hydrogen) atoms. The molecule has 0 radical (unpaired) electrons. The number of likely N-dealkylation sites (tertiary alicyclic amines) is 1. The highest BCUT2D eigenvalue weighted by Crippen LogP contribution is 2.32. The second kappa shape index (κ2) is 10.9. The lowest BCUT2D eigenvalue weighted by Crippen LogP contribution is -2.52. The van der Waals surface area contributed by atoms with Crippen LogP contribution in [0.1, 0.15) is 80.1 Å². The number of amides is 3. The molecule has 0 aliphatic carbocycles. The van der Waals surface area contributed by atoms with Crippen LogP contribution in [0.4, 0.5) is 5.69 Å². The predicted octanol–water partition coefficient (Wildman–Crippen LogP) is 3.30. The van der Waals surface area contributed by atoms with Gasteiger partial charge in [-0.3, -0.25) is 19.7 Å². The third-order valence-corrected chi connectivity index (χ3v) is 7.00. The maximum Gasteiger partial charge on any atom is 0.255 e. The number of hydrogen-bond acceptors (Lipinski definition) is 5. The van der Waals surface area contributed by atoms with Gasteiger partial charge in [0.25, 0.3) is 5.91 Å². The molecule has 0 spiro atoms. The van der Waals surface area contributed by atoms with Crippen molar-refractivity contribution in [1.29, 1.82) is 0 Å². The van der Waals surface area contributed by atoms with Gasteiger partial charge in [-0.15, -0.1) is 0 Å². The molecule has 2 fully saturated rings. The van der Waals surface area contributed by atoms with Crippen molar-refractivity contribution in [2.75, 3.05) is 31.5 Å². The average Bonchev–Trinajstić information content (AvgIpc) is 3.13. The number of benzene rings is 1. The van der Waals surface area contributed by atoms with Gasteiger partial charge < -0.3 is 15.1 Å². The molecule has 7 heteroatoms. The van der Waals surface area contributed by atoms with Crippen molar-refractivity contribution in [3.63, 3.8) is 0 Å². The molecule has 3 aliphatic heterocycles. The van der Waals surface area contributed by atoms with Gasteiger partial charge in [-0.1, -0.05) is 31.7 Å². The van der Waals surface area contributed by atoms with Crippen LogP contribution in [0.15, 0.2) is 18.2 Å². The van der Waals surface area contributed by atoms with Crippen LogP contribution in [-0.2, 0) is 16.1 Å². The monoisotopic (exact) mass is 440 g/mol. The van der Waals surface area contributed by atoms with Crippen molar-refractivity contribution in [3.8, 4) is 0 Å². The van der Waals surface area contributed by atoms with Crippen LogP contribution >= 0.6 is 0 Å². The Bertz CT molecular complexity index is 834. The molecular formula is C25H36N4O3. The second-order valence-electron chi connectivity index (χ2n) is 9.33. The van der Waals surface area contributed by atoms with E-state index in [1.165, 1.54) is 64.6 Å². The summed E-state index contributed by atoms with van der Waals surface area (Å²) in [4.78, 5) is 40.8. The topological polar surface area (TPSA) is 81.8 Å². The molecule has 0 saturated carbocycles. The Balaban J connectivity index is 1.19. The lowest BCUT2D eigenvalue weighted by molar-refractivity contribution is -0.136. The first kappa shape index (κ1) is 22.8. The molecule has 174 valence electrons. The van der Waals surface area contributed by atoms with Crippen LogP contribution in [0.2, 0.25) is 0 Å². The molecule has 1 aromatic carbocycles. The second-order valence-corrected chi connectivity index (χ2v) is 9.33. The maximum atomic E-state index is 12.9. The fourth-order valence-electron chi connectivity index (χ4n) is 5.15. The molecule has 3 heterocycles. The normalized spacial score (nSPS) is 21.6. The molecule has 1 atom stereocenters. The van der Waals surface area contributed by atoms with E-state index < -0.39 is 6.04 Å². The summed E-state index contributed by atoms with van der Waals surface area (Å²) in [6, 6.07) is 5.18. The van der Waals surface area contributed by atoms with Crippen LogP contribution in [0.5, 0.6) is 0 Å². The molecule has 2 saturated heterocycles. The summed E-state index contributed by atoms with van der Waals surface area (Å²) in [5.74, 6) is -0.742. The van der Waals surface area contributed by atoms with Crippen LogP contribution in [0, 0.1) is 0 Å². The first-order chi connectivity index (χ1) is 15.6. The van der Waals surface area contributed by atoms with Crippen molar-refractivity contribution in [2.24, 2.45) is 0 Å². The summed E-state index contributed by atoms with van der Waals surface area (Å²) >= 11 is 0. The number of anilines is 1. The first-order valence-electron chi connectivity index (χ1n) is 12.4. The van der Waals surface area contributed by atoms with Crippen LogP contribution in [0.3, 0.4) is 0 Å². The van der Waals surface area contributed by atoms with Crippen molar-refractivity contribution >= 4 is 23.4 Å². The van der Waals surface area contributed by atoms with Crippen molar-refractivity contribution < 1.29 is 14.4 Å². The van der Waals surface area contributed by atoms with Crippen molar-refractivity contribution in [1.82, 2.24) is 15.1 Å². The minimum Gasteiger partial charge on any atom is -0.385 e. The number of hydrogen-bond donors (Lipinski definition) is 2. The number of nitrogens with one attached hydrogen (secondary N) is 2. The number of carbonyl (C=O) groups excluding carboxylic acids is 3. The molecule has 7 nitrogen and oxygen atoms in total. The molecular weight excluding hydrogens is 404 g/mol. The molecule has 3 amide bonds. The van der Waals surface area contributed by atoms with E-state index in [0.29, 0.717) is 18.5 Å². The van der Waals surface area contributed by atoms with E-state index in [2.05, 4.69) is 15.5 Å².